The third-order valence-corrected chi connectivity index (χ3v) is 5.81. The van der Waals surface area contributed by atoms with Crippen LogP contribution in [-0.4, -0.2) is 36.0 Å². The zero-order valence-corrected chi connectivity index (χ0v) is 15.2. The molecule has 3 aromatic rings. The van der Waals surface area contributed by atoms with Gasteiger partial charge in [0.2, 0.25) is 5.88 Å². The van der Waals surface area contributed by atoms with Gasteiger partial charge >= 0.3 is 0 Å². The summed E-state index contributed by atoms with van der Waals surface area (Å²) >= 11 is 5.84. The van der Waals surface area contributed by atoms with E-state index in [4.69, 9.17) is 15.7 Å². The lowest BCUT2D eigenvalue weighted by atomic mass is 10.2. The van der Waals surface area contributed by atoms with E-state index in [-0.39, 0.29) is 10.4 Å². The van der Waals surface area contributed by atoms with Gasteiger partial charge in [0.25, 0.3) is 15.9 Å². The van der Waals surface area contributed by atoms with Crippen molar-refractivity contribution in [1.82, 2.24) is 14.6 Å². The van der Waals surface area contributed by atoms with Gasteiger partial charge in [-0.25, -0.2) is 31.1 Å². The molecule has 3 heterocycles. The SMILES string of the molecule is [2H]C([2H])([2H])Oc1nc([C@H]2CC2(F)F)c(F)cc1NS(=O)(=O)c1cnn2cc(Cl)ccc12. The summed E-state index contributed by atoms with van der Waals surface area (Å²) < 4.78 is 96.4. The minimum Gasteiger partial charge on any atom is -0.479 e. The highest BCUT2D eigenvalue weighted by atomic mass is 35.5. The Morgan fingerprint density at radius 1 is 1.46 bits per heavy atom. The average Bonchev–Trinajstić information content (AvgIpc) is 3.05. The van der Waals surface area contributed by atoms with Crippen LogP contribution in [0.5, 0.6) is 5.88 Å². The Morgan fingerprint density at radius 3 is 2.89 bits per heavy atom. The van der Waals surface area contributed by atoms with E-state index in [0.717, 1.165) is 6.20 Å². The van der Waals surface area contributed by atoms with E-state index < -0.39 is 58.4 Å². The number of aromatic nitrogens is 3. The fourth-order valence-corrected chi connectivity index (χ4v) is 4.06. The number of hydrogen-bond acceptors (Lipinski definition) is 5. The molecule has 1 aliphatic rings. The molecule has 3 aromatic heterocycles. The van der Waals surface area contributed by atoms with Gasteiger partial charge in [0.15, 0.2) is 0 Å². The first-order valence-electron chi connectivity index (χ1n) is 9.20. The molecule has 1 fully saturated rings. The highest BCUT2D eigenvalue weighted by Crippen LogP contribution is 2.56. The van der Waals surface area contributed by atoms with Crippen molar-refractivity contribution in [2.45, 2.75) is 23.2 Å². The standard InChI is InChI=1S/C16H12ClF3N4O3S/c1-27-15-11(4-10(18)14(22-15)9-5-16(9,19)20)23-28(25,26)13-6-21-24-7-8(17)2-3-12(13)24/h2-4,6-7,9,23H,5H2,1H3/t9-/m1/s1/i1D3. The van der Waals surface area contributed by atoms with Gasteiger partial charge in [-0.2, -0.15) is 5.10 Å². The van der Waals surface area contributed by atoms with Gasteiger partial charge in [-0.3, -0.25) is 4.72 Å². The summed E-state index contributed by atoms with van der Waals surface area (Å²) in [6, 6.07) is 3.35. The van der Waals surface area contributed by atoms with Crippen LogP contribution in [-0.2, 0) is 10.0 Å². The fraction of sp³-hybridized carbons (Fsp3) is 0.250. The molecule has 0 aromatic carbocycles. The number of halogens is 4. The maximum atomic E-state index is 14.5. The summed E-state index contributed by atoms with van der Waals surface area (Å²) in [7, 11) is -7.54. The lowest BCUT2D eigenvalue weighted by Crippen LogP contribution is -2.15. The van der Waals surface area contributed by atoms with Crippen molar-refractivity contribution in [3.63, 3.8) is 0 Å². The number of alkyl halides is 2. The molecule has 7 nitrogen and oxygen atoms in total. The van der Waals surface area contributed by atoms with Crippen LogP contribution < -0.4 is 9.46 Å². The van der Waals surface area contributed by atoms with Crippen LogP contribution in [0, 0.1) is 5.82 Å². The molecule has 1 aliphatic carbocycles. The molecule has 0 radical (unpaired) electrons. The number of nitrogens with one attached hydrogen (secondary N) is 1. The molecule has 1 N–H and O–H groups in total. The summed E-state index contributed by atoms with van der Waals surface area (Å²) in [5.41, 5.74) is -1.26. The third-order valence-electron chi connectivity index (χ3n) is 4.20. The van der Waals surface area contributed by atoms with Crippen LogP contribution in [0.2, 0.25) is 5.02 Å². The molecule has 4 rings (SSSR count). The van der Waals surface area contributed by atoms with E-state index in [2.05, 4.69) is 14.8 Å². The van der Waals surface area contributed by atoms with Crippen molar-refractivity contribution >= 4 is 32.8 Å². The number of ether oxygens (including phenoxy) is 1. The van der Waals surface area contributed by atoms with Crippen molar-refractivity contribution in [1.29, 1.82) is 0 Å². The van der Waals surface area contributed by atoms with Crippen LogP contribution >= 0.6 is 11.6 Å². The van der Waals surface area contributed by atoms with E-state index in [9.17, 15) is 21.6 Å². The lowest BCUT2D eigenvalue weighted by molar-refractivity contribution is 0.111. The summed E-state index contributed by atoms with van der Waals surface area (Å²) in [6.07, 6.45) is 1.69. The van der Waals surface area contributed by atoms with E-state index in [1.54, 1.807) is 0 Å². The molecule has 0 bridgehead atoms. The molecule has 0 saturated heterocycles. The minimum absolute atomic E-state index is 0.123. The minimum atomic E-state index is -4.44. The molecule has 0 spiro atoms. The molecular formula is C16H12ClF3N4O3S. The van der Waals surface area contributed by atoms with Crippen LogP contribution in [0.4, 0.5) is 18.9 Å². The molecular weight excluding hydrogens is 421 g/mol. The number of anilines is 1. The van der Waals surface area contributed by atoms with Gasteiger partial charge in [0.1, 0.15) is 16.4 Å². The van der Waals surface area contributed by atoms with Gasteiger partial charge in [0.05, 0.1) is 39.5 Å². The topological polar surface area (TPSA) is 85.6 Å². The Balaban J connectivity index is 1.76. The highest BCUT2D eigenvalue weighted by molar-refractivity contribution is 7.93. The average molecular weight is 436 g/mol. The monoisotopic (exact) mass is 435 g/mol. The maximum absolute atomic E-state index is 14.5. The van der Waals surface area contributed by atoms with Crippen molar-refractivity contribution in [2.75, 3.05) is 11.8 Å². The van der Waals surface area contributed by atoms with Gasteiger partial charge in [-0.05, 0) is 12.1 Å². The Morgan fingerprint density at radius 2 is 2.21 bits per heavy atom. The number of fused-ring (bicyclic) bond motifs is 1. The highest BCUT2D eigenvalue weighted by Gasteiger charge is 2.59. The quantitative estimate of drug-likeness (QED) is 0.663. The first-order chi connectivity index (χ1) is 14.3. The second-order valence-electron chi connectivity index (χ2n) is 6.12. The normalized spacial score (nSPS) is 20.3. The van der Waals surface area contributed by atoms with Gasteiger partial charge < -0.3 is 4.74 Å². The zero-order chi connectivity index (χ0) is 22.8. The van der Waals surface area contributed by atoms with E-state index >= 15 is 0 Å². The molecule has 0 aliphatic heterocycles. The number of rotatable bonds is 5. The van der Waals surface area contributed by atoms with Crippen LogP contribution in [0.15, 0.2) is 35.5 Å². The molecule has 148 valence electrons. The molecule has 0 unspecified atom stereocenters. The number of nitrogens with zero attached hydrogens (tertiary/aromatic N) is 3. The van der Waals surface area contributed by atoms with Crippen molar-refractivity contribution in [3.8, 4) is 5.88 Å². The fourth-order valence-electron chi connectivity index (χ4n) is 2.73. The first-order valence-corrected chi connectivity index (χ1v) is 9.56. The van der Waals surface area contributed by atoms with E-state index in [1.807, 2.05) is 4.72 Å². The van der Waals surface area contributed by atoms with E-state index in [1.165, 1.54) is 22.8 Å². The zero-order valence-electron chi connectivity index (χ0n) is 16.7. The number of hydrogen-bond donors (Lipinski definition) is 1. The van der Waals surface area contributed by atoms with Crippen molar-refractivity contribution in [3.05, 3.63) is 47.1 Å². The molecule has 12 heteroatoms. The van der Waals surface area contributed by atoms with Crippen LogP contribution in [0.25, 0.3) is 5.52 Å². The number of pyridine rings is 2. The van der Waals surface area contributed by atoms with Crippen LogP contribution in [0.3, 0.4) is 0 Å². The van der Waals surface area contributed by atoms with Crippen molar-refractivity contribution < 1.29 is 30.4 Å². The second kappa shape index (κ2) is 6.24. The van der Waals surface area contributed by atoms with Crippen molar-refractivity contribution in [2.24, 2.45) is 0 Å². The first kappa shape index (κ1) is 15.4. The largest absolute Gasteiger partial charge is 0.479 e. The molecule has 1 saturated carbocycles. The molecule has 1 atom stereocenters. The summed E-state index contributed by atoms with van der Waals surface area (Å²) in [5, 5.41) is 4.16. The summed E-state index contributed by atoms with van der Waals surface area (Å²) in [6.45, 7) is 0. The third kappa shape index (κ3) is 3.14. The van der Waals surface area contributed by atoms with Crippen LogP contribution in [0.1, 0.15) is 22.1 Å². The van der Waals surface area contributed by atoms with Gasteiger partial charge in [-0.15, -0.1) is 0 Å². The maximum Gasteiger partial charge on any atom is 0.265 e. The Hall–Kier alpha value is -2.53. The van der Waals surface area contributed by atoms with Gasteiger partial charge in [0, 0.05) is 18.7 Å². The summed E-state index contributed by atoms with van der Waals surface area (Å²) in [5.74, 6) is -6.84. The Bertz CT molecular complexity index is 1300. The predicted octanol–water partition coefficient (Wildman–Crippen LogP) is 3.45. The Labute approximate surface area is 166 Å². The number of sulfonamides is 1. The predicted molar refractivity (Wildman–Crippen MR) is 94.1 cm³/mol. The summed E-state index contributed by atoms with van der Waals surface area (Å²) in [4.78, 5) is 3.22. The Kier molecular flexibility index (Phi) is 3.43. The lowest BCUT2D eigenvalue weighted by Gasteiger charge is -2.12. The molecule has 0 amide bonds. The second-order valence-corrected chi connectivity index (χ2v) is 8.21. The smallest absolute Gasteiger partial charge is 0.265 e. The number of methoxy groups -OCH3 is 1. The molecule has 28 heavy (non-hydrogen) atoms. The van der Waals surface area contributed by atoms with E-state index in [0.29, 0.717) is 11.1 Å². The van der Waals surface area contributed by atoms with Gasteiger partial charge in [-0.1, -0.05) is 11.6 Å².